The predicted octanol–water partition coefficient (Wildman–Crippen LogP) is 0.628. The first-order chi connectivity index (χ1) is 7.62. The van der Waals surface area contributed by atoms with Crippen LogP contribution in [0.25, 0.3) is 0 Å². The van der Waals surface area contributed by atoms with Gasteiger partial charge in [0, 0.05) is 6.54 Å². The minimum atomic E-state index is -0.554. The third-order valence-corrected chi connectivity index (χ3v) is 2.79. The fourth-order valence-corrected chi connectivity index (χ4v) is 1.58. The molecule has 17 heavy (non-hydrogen) atoms. The quantitative estimate of drug-likeness (QED) is 0.763. The van der Waals surface area contributed by atoms with Gasteiger partial charge in [0.25, 0.3) is 0 Å². The Hall–Kier alpha value is -0.650. The van der Waals surface area contributed by atoms with Crippen molar-refractivity contribution in [2.24, 2.45) is 11.1 Å². The largest absolute Gasteiger partial charge is 0.352 e. The van der Waals surface area contributed by atoms with Crippen LogP contribution in [0.1, 0.15) is 34.6 Å². The minimum Gasteiger partial charge on any atom is -0.352 e. The van der Waals surface area contributed by atoms with E-state index in [9.17, 15) is 4.79 Å². The van der Waals surface area contributed by atoms with Crippen molar-refractivity contribution in [1.82, 2.24) is 5.32 Å². The number of nitrogens with two attached hydrogens (primary N) is 1. The monoisotopic (exact) mass is 244 g/mol. The number of carbonyl (C=O) groups is 1. The molecule has 5 heteroatoms. The summed E-state index contributed by atoms with van der Waals surface area (Å²) in [6.45, 7) is 10.5. The molecule has 5 nitrogen and oxygen atoms in total. The summed E-state index contributed by atoms with van der Waals surface area (Å²) in [5.74, 6) is -0.701. The molecule has 3 N–H and O–H groups in total. The lowest BCUT2D eigenvalue weighted by molar-refractivity contribution is -0.140. The van der Waals surface area contributed by atoms with Gasteiger partial charge in [-0.3, -0.25) is 4.79 Å². The molecule has 0 saturated carbocycles. The van der Waals surface area contributed by atoms with Gasteiger partial charge < -0.3 is 20.5 Å². The highest BCUT2D eigenvalue weighted by Crippen LogP contribution is 2.22. The van der Waals surface area contributed by atoms with E-state index in [1.54, 1.807) is 0 Å². The van der Waals surface area contributed by atoms with E-state index in [1.165, 1.54) is 0 Å². The van der Waals surface area contributed by atoms with Crippen LogP contribution in [0.3, 0.4) is 0 Å². The van der Waals surface area contributed by atoms with Gasteiger partial charge in [0.1, 0.15) is 6.10 Å². The molecular weight excluding hydrogens is 220 g/mol. The lowest BCUT2D eigenvalue weighted by Crippen LogP contribution is -2.50. The van der Waals surface area contributed by atoms with Crippen LogP contribution in [-0.2, 0) is 14.3 Å². The average molecular weight is 244 g/mol. The highest BCUT2D eigenvalue weighted by Gasteiger charge is 2.33. The van der Waals surface area contributed by atoms with Gasteiger partial charge >= 0.3 is 0 Å². The summed E-state index contributed by atoms with van der Waals surface area (Å²) in [4.78, 5) is 11.8. The second-order valence-corrected chi connectivity index (χ2v) is 6.04. The molecule has 1 fully saturated rings. The fraction of sp³-hybridized carbons (Fsp3) is 0.917. The highest BCUT2D eigenvalue weighted by molar-refractivity contribution is 5.82. The zero-order valence-corrected chi connectivity index (χ0v) is 11.4. The van der Waals surface area contributed by atoms with Crippen LogP contribution < -0.4 is 11.1 Å². The van der Waals surface area contributed by atoms with Gasteiger partial charge in [0.15, 0.2) is 5.79 Å². The van der Waals surface area contributed by atoms with E-state index in [4.69, 9.17) is 15.2 Å². The SMILES string of the molecule is CC1(C)OCC(CNC(=O)C(N)C(C)(C)C)O1. The number of hydrogen-bond acceptors (Lipinski definition) is 4. The molecule has 0 bridgehead atoms. The Morgan fingerprint density at radius 3 is 2.53 bits per heavy atom. The summed E-state index contributed by atoms with van der Waals surface area (Å²) < 4.78 is 11.0. The van der Waals surface area contributed by atoms with Crippen LogP contribution in [0.4, 0.5) is 0 Å². The van der Waals surface area contributed by atoms with E-state index in [0.717, 1.165) is 0 Å². The Labute approximate surface area is 103 Å². The fourth-order valence-electron chi connectivity index (χ4n) is 1.58. The van der Waals surface area contributed by atoms with Crippen LogP contribution in [0.2, 0.25) is 0 Å². The molecule has 0 radical (unpaired) electrons. The predicted molar refractivity (Wildman–Crippen MR) is 65.3 cm³/mol. The van der Waals surface area contributed by atoms with Crippen LogP contribution in [0.5, 0.6) is 0 Å². The molecule has 0 spiro atoms. The maximum Gasteiger partial charge on any atom is 0.237 e. The second-order valence-electron chi connectivity index (χ2n) is 6.04. The number of ether oxygens (including phenoxy) is 2. The summed E-state index contributed by atoms with van der Waals surface area (Å²) in [5.41, 5.74) is 5.61. The molecule has 1 heterocycles. The number of amides is 1. The zero-order valence-electron chi connectivity index (χ0n) is 11.4. The minimum absolute atomic E-state index is 0.0962. The standard InChI is InChI=1S/C12H24N2O3/c1-11(2,3)9(13)10(15)14-6-8-7-16-12(4,5)17-8/h8-9H,6-7,13H2,1-5H3,(H,14,15). The molecular formula is C12H24N2O3. The zero-order chi connectivity index (χ0) is 13.3. The molecule has 0 aromatic rings. The molecule has 1 amide bonds. The van der Waals surface area contributed by atoms with Crippen LogP contribution in [0.15, 0.2) is 0 Å². The topological polar surface area (TPSA) is 73.6 Å². The van der Waals surface area contributed by atoms with Crippen molar-refractivity contribution in [1.29, 1.82) is 0 Å². The van der Waals surface area contributed by atoms with Gasteiger partial charge in [-0.25, -0.2) is 0 Å². The van der Waals surface area contributed by atoms with Gasteiger partial charge in [-0.05, 0) is 19.3 Å². The summed E-state index contributed by atoms with van der Waals surface area (Å²) >= 11 is 0. The molecule has 1 aliphatic rings. The lowest BCUT2D eigenvalue weighted by Gasteiger charge is -2.26. The maximum absolute atomic E-state index is 11.8. The van der Waals surface area contributed by atoms with Crippen molar-refractivity contribution in [2.75, 3.05) is 13.2 Å². The molecule has 1 rings (SSSR count). The Morgan fingerprint density at radius 1 is 1.53 bits per heavy atom. The highest BCUT2D eigenvalue weighted by atomic mass is 16.7. The van der Waals surface area contributed by atoms with E-state index in [1.807, 2.05) is 34.6 Å². The van der Waals surface area contributed by atoms with E-state index in [-0.39, 0.29) is 17.4 Å². The smallest absolute Gasteiger partial charge is 0.237 e. The van der Waals surface area contributed by atoms with Gasteiger partial charge in [-0.2, -0.15) is 0 Å². The summed E-state index contributed by atoms with van der Waals surface area (Å²) in [6.07, 6.45) is -0.0962. The third kappa shape index (κ3) is 4.26. The van der Waals surface area contributed by atoms with Crippen molar-refractivity contribution in [3.63, 3.8) is 0 Å². The first-order valence-electron chi connectivity index (χ1n) is 5.97. The number of rotatable bonds is 3. The van der Waals surface area contributed by atoms with Gasteiger partial charge in [-0.15, -0.1) is 0 Å². The van der Waals surface area contributed by atoms with Gasteiger partial charge in [0.2, 0.25) is 5.91 Å². The van der Waals surface area contributed by atoms with Crippen LogP contribution >= 0.6 is 0 Å². The van der Waals surface area contributed by atoms with Crippen molar-refractivity contribution in [2.45, 2.75) is 52.6 Å². The van der Waals surface area contributed by atoms with Gasteiger partial charge in [0.05, 0.1) is 12.6 Å². The van der Waals surface area contributed by atoms with Crippen molar-refractivity contribution in [3.8, 4) is 0 Å². The Morgan fingerprint density at radius 2 is 2.12 bits per heavy atom. The van der Waals surface area contributed by atoms with Crippen LogP contribution in [-0.4, -0.2) is 37.0 Å². The van der Waals surface area contributed by atoms with E-state index in [2.05, 4.69) is 5.32 Å². The van der Waals surface area contributed by atoms with E-state index in [0.29, 0.717) is 13.2 Å². The molecule has 2 atom stereocenters. The third-order valence-electron chi connectivity index (χ3n) is 2.79. The number of hydrogen-bond donors (Lipinski definition) is 2. The lowest BCUT2D eigenvalue weighted by atomic mass is 9.87. The van der Waals surface area contributed by atoms with Crippen molar-refractivity contribution < 1.29 is 14.3 Å². The first kappa shape index (κ1) is 14.4. The molecule has 1 saturated heterocycles. The number of nitrogens with one attached hydrogen (secondary N) is 1. The summed E-state index contributed by atoms with van der Waals surface area (Å²) in [7, 11) is 0. The summed E-state index contributed by atoms with van der Waals surface area (Å²) in [6, 6.07) is -0.516. The van der Waals surface area contributed by atoms with Crippen molar-refractivity contribution in [3.05, 3.63) is 0 Å². The Bertz CT molecular complexity index is 284. The molecule has 0 aromatic heterocycles. The molecule has 2 unspecified atom stereocenters. The van der Waals surface area contributed by atoms with Crippen molar-refractivity contribution >= 4 is 5.91 Å². The Balaban J connectivity index is 2.35. The molecule has 0 aliphatic carbocycles. The average Bonchev–Trinajstić information content (AvgIpc) is 2.52. The van der Waals surface area contributed by atoms with E-state index < -0.39 is 11.8 Å². The van der Waals surface area contributed by atoms with E-state index >= 15 is 0 Å². The summed E-state index contributed by atoms with van der Waals surface area (Å²) in [5, 5.41) is 2.80. The first-order valence-corrected chi connectivity index (χ1v) is 5.97. The normalized spacial score (nSPS) is 25.6. The second kappa shape index (κ2) is 4.92. The maximum atomic E-state index is 11.8. The Kier molecular flexibility index (Phi) is 4.17. The number of carbonyl (C=O) groups excluding carboxylic acids is 1. The molecule has 0 aromatic carbocycles. The van der Waals surface area contributed by atoms with Gasteiger partial charge in [-0.1, -0.05) is 20.8 Å². The van der Waals surface area contributed by atoms with Crippen LogP contribution in [0, 0.1) is 5.41 Å². The molecule has 1 aliphatic heterocycles. The molecule has 100 valence electrons.